The maximum atomic E-state index is 11.0. The van der Waals surface area contributed by atoms with E-state index in [4.69, 9.17) is 0 Å². The number of rotatable bonds is 3. The van der Waals surface area contributed by atoms with Gasteiger partial charge in [0.25, 0.3) is 0 Å². The van der Waals surface area contributed by atoms with E-state index in [9.17, 15) is 9.90 Å². The van der Waals surface area contributed by atoms with Crippen LogP contribution in [0.5, 0.6) is 5.75 Å². The molecule has 20 heavy (non-hydrogen) atoms. The highest BCUT2D eigenvalue weighted by molar-refractivity contribution is 5.77. The molecule has 3 rings (SSSR count). The largest absolute Gasteiger partial charge is 0.508 e. The molecule has 0 heterocycles. The van der Waals surface area contributed by atoms with Gasteiger partial charge in [-0.3, -0.25) is 4.79 Å². The van der Waals surface area contributed by atoms with Crippen molar-refractivity contribution in [2.45, 2.75) is 32.6 Å². The van der Waals surface area contributed by atoms with E-state index >= 15 is 0 Å². The minimum atomic E-state index is -0.00301. The number of fused-ring (bicyclic) bond motifs is 3. The van der Waals surface area contributed by atoms with Gasteiger partial charge in [0.1, 0.15) is 5.75 Å². The molecule has 0 saturated carbocycles. The highest BCUT2D eigenvalue weighted by Crippen LogP contribution is 2.54. The Labute approximate surface area is 119 Å². The van der Waals surface area contributed by atoms with Crippen LogP contribution in [-0.4, -0.2) is 17.6 Å². The van der Waals surface area contributed by atoms with E-state index in [1.54, 1.807) is 6.07 Å². The Hall–Kier alpha value is -2.03. The number of amides is 1. The van der Waals surface area contributed by atoms with Crippen molar-refractivity contribution in [1.29, 1.82) is 0 Å². The summed E-state index contributed by atoms with van der Waals surface area (Å²) in [6.45, 7) is 4.36. The van der Waals surface area contributed by atoms with Gasteiger partial charge in [-0.15, -0.1) is 0 Å². The Kier molecular flexibility index (Phi) is 3.13. The van der Waals surface area contributed by atoms with Gasteiger partial charge < -0.3 is 10.4 Å². The lowest BCUT2D eigenvalue weighted by Gasteiger charge is -2.13. The van der Waals surface area contributed by atoms with E-state index in [0.29, 0.717) is 18.2 Å². The molecule has 0 spiro atoms. The van der Waals surface area contributed by atoms with Crippen LogP contribution in [0.3, 0.4) is 0 Å². The number of phenolic OH excluding ortho intramolecular Hbond substituents is 1. The second-order valence-electron chi connectivity index (χ2n) is 5.58. The maximum Gasteiger partial charge on any atom is 0.216 e. The number of nitrogens with one attached hydrogen (secondary N) is 1. The second-order valence-corrected chi connectivity index (χ2v) is 5.58. The Morgan fingerprint density at radius 2 is 2.25 bits per heavy atom. The van der Waals surface area contributed by atoms with Gasteiger partial charge in [-0.2, -0.15) is 0 Å². The number of hydrogen-bond acceptors (Lipinski definition) is 2. The van der Waals surface area contributed by atoms with Crippen LogP contribution in [0, 0.1) is 0 Å². The van der Waals surface area contributed by atoms with Gasteiger partial charge >= 0.3 is 0 Å². The first-order valence-corrected chi connectivity index (χ1v) is 7.04. The van der Waals surface area contributed by atoms with E-state index in [-0.39, 0.29) is 5.91 Å². The third-order valence-corrected chi connectivity index (χ3v) is 4.24. The van der Waals surface area contributed by atoms with Crippen LogP contribution >= 0.6 is 0 Å². The van der Waals surface area contributed by atoms with Crippen molar-refractivity contribution in [2.24, 2.45) is 0 Å². The second kappa shape index (κ2) is 4.82. The summed E-state index contributed by atoms with van der Waals surface area (Å²) >= 11 is 0. The highest BCUT2D eigenvalue weighted by Gasteiger charge is 2.36. The summed E-state index contributed by atoms with van der Waals surface area (Å²) in [5.74, 6) is 0.771. The molecule has 2 aliphatic carbocycles. The van der Waals surface area contributed by atoms with E-state index in [1.165, 1.54) is 29.2 Å². The molecule has 1 aromatic carbocycles. The Morgan fingerprint density at radius 3 is 3.00 bits per heavy atom. The summed E-state index contributed by atoms with van der Waals surface area (Å²) < 4.78 is 0. The van der Waals surface area contributed by atoms with Gasteiger partial charge in [0.2, 0.25) is 5.91 Å². The lowest BCUT2D eigenvalue weighted by molar-refractivity contribution is -0.118. The summed E-state index contributed by atoms with van der Waals surface area (Å²) in [6, 6.07) is 5.64. The monoisotopic (exact) mass is 269 g/mol. The van der Waals surface area contributed by atoms with Crippen molar-refractivity contribution >= 4 is 11.5 Å². The van der Waals surface area contributed by atoms with Crippen molar-refractivity contribution in [3.63, 3.8) is 0 Å². The summed E-state index contributed by atoms with van der Waals surface area (Å²) in [6.07, 6.45) is 4.03. The minimum absolute atomic E-state index is 0.00301. The third-order valence-electron chi connectivity index (χ3n) is 4.24. The van der Waals surface area contributed by atoms with Crippen LogP contribution in [0.4, 0.5) is 0 Å². The fourth-order valence-electron chi connectivity index (χ4n) is 3.12. The topological polar surface area (TPSA) is 49.3 Å². The SMILES string of the molecule is CC(=O)NCCC1=CCC2=C(C)C2c2ccc(O)cc21. The molecule has 1 atom stereocenters. The molecule has 0 saturated heterocycles. The number of hydrogen-bond donors (Lipinski definition) is 2. The fraction of sp³-hybridized carbons (Fsp3) is 0.353. The number of phenols is 1. The lowest BCUT2D eigenvalue weighted by Crippen LogP contribution is -2.21. The predicted octanol–water partition coefficient (Wildman–Crippen LogP) is 3.12. The highest BCUT2D eigenvalue weighted by atomic mass is 16.3. The molecular formula is C17H19NO2. The molecule has 3 nitrogen and oxygen atoms in total. The van der Waals surface area contributed by atoms with Crippen molar-refractivity contribution in [3.8, 4) is 5.75 Å². The smallest absolute Gasteiger partial charge is 0.216 e. The van der Waals surface area contributed by atoms with E-state index < -0.39 is 0 Å². The van der Waals surface area contributed by atoms with Gasteiger partial charge in [0.15, 0.2) is 0 Å². The Morgan fingerprint density at radius 1 is 1.45 bits per heavy atom. The minimum Gasteiger partial charge on any atom is -0.508 e. The average Bonchev–Trinajstić information content (AvgIpc) is 3.06. The lowest BCUT2D eigenvalue weighted by atomic mass is 9.93. The molecule has 1 unspecified atom stereocenters. The number of carbonyl (C=O) groups is 1. The molecule has 0 fully saturated rings. The van der Waals surface area contributed by atoms with Crippen molar-refractivity contribution in [3.05, 3.63) is 46.5 Å². The summed E-state index contributed by atoms with van der Waals surface area (Å²) in [4.78, 5) is 11.0. The molecule has 2 aliphatic rings. The van der Waals surface area contributed by atoms with Crippen LogP contribution in [0.1, 0.15) is 43.7 Å². The fourth-order valence-corrected chi connectivity index (χ4v) is 3.12. The molecule has 104 valence electrons. The summed E-state index contributed by atoms with van der Waals surface area (Å²) in [7, 11) is 0. The van der Waals surface area contributed by atoms with Gasteiger partial charge in [-0.1, -0.05) is 23.3 Å². The zero-order valence-electron chi connectivity index (χ0n) is 11.9. The zero-order valence-corrected chi connectivity index (χ0v) is 11.9. The Bertz CT molecular complexity index is 640. The quantitative estimate of drug-likeness (QED) is 0.828. The van der Waals surface area contributed by atoms with Crippen LogP contribution in [0.15, 0.2) is 35.4 Å². The number of carbonyl (C=O) groups excluding carboxylic acids is 1. The summed E-state index contributed by atoms with van der Waals surface area (Å²) in [5.41, 5.74) is 6.62. The van der Waals surface area contributed by atoms with Gasteiger partial charge in [0.05, 0.1) is 0 Å². The van der Waals surface area contributed by atoms with Crippen LogP contribution in [-0.2, 0) is 4.79 Å². The number of aromatic hydroxyl groups is 1. The van der Waals surface area contributed by atoms with E-state index in [0.717, 1.165) is 18.4 Å². The normalized spacial score (nSPS) is 19.7. The predicted molar refractivity (Wildman–Crippen MR) is 79.4 cm³/mol. The third kappa shape index (κ3) is 2.24. The number of benzene rings is 1. The summed E-state index contributed by atoms with van der Waals surface area (Å²) in [5, 5.41) is 12.6. The molecule has 1 amide bonds. The molecular weight excluding hydrogens is 250 g/mol. The average molecular weight is 269 g/mol. The first-order valence-electron chi connectivity index (χ1n) is 7.04. The molecule has 0 bridgehead atoms. The Balaban J connectivity index is 1.89. The zero-order chi connectivity index (χ0) is 14.3. The van der Waals surface area contributed by atoms with E-state index in [2.05, 4.69) is 18.3 Å². The van der Waals surface area contributed by atoms with Gasteiger partial charge in [-0.05, 0) is 48.6 Å². The van der Waals surface area contributed by atoms with Crippen LogP contribution in [0.2, 0.25) is 0 Å². The maximum absolute atomic E-state index is 11.0. The first-order chi connectivity index (χ1) is 9.58. The van der Waals surface area contributed by atoms with Crippen LogP contribution in [0.25, 0.3) is 5.57 Å². The molecule has 1 aromatic rings. The number of allylic oxidation sites excluding steroid dienone is 3. The molecule has 3 heteroatoms. The first kappa shape index (κ1) is 13.0. The standard InChI is InChI=1S/C17H19NO2/c1-10-14-5-3-12(7-8-18-11(2)19)16-9-13(20)4-6-15(16)17(10)14/h3-4,6,9,17,20H,5,7-8H2,1-2H3,(H,18,19). The van der Waals surface area contributed by atoms with Gasteiger partial charge in [0, 0.05) is 19.4 Å². The molecule has 0 radical (unpaired) electrons. The molecule has 0 aromatic heterocycles. The molecule has 2 N–H and O–H groups in total. The van der Waals surface area contributed by atoms with Crippen LogP contribution < -0.4 is 5.32 Å². The van der Waals surface area contributed by atoms with Crippen molar-refractivity contribution in [2.75, 3.05) is 6.54 Å². The van der Waals surface area contributed by atoms with Crippen molar-refractivity contribution in [1.82, 2.24) is 5.32 Å². The molecule has 0 aliphatic heterocycles. The van der Waals surface area contributed by atoms with Crippen molar-refractivity contribution < 1.29 is 9.90 Å². The van der Waals surface area contributed by atoms with Gasteiger partial charge in [-0.25, -0.2) is 0 Å². The van der Waals surface area contributed by atoms with E-state index in [1.807, 2.05) is 12.1 Å².